The molecule has 1 atom stereocenters. The van der Waals surface area contributed by atoms with Gasteiger partial charge in [-0.1, -0.05) is 0 Å². The van der Waals surface area contributed by atoms with Gasteiger partial charge in [0.05, 0.1) is 19.7 Å². The van der Waals surface area contributed by atoms with Gasteiger partial charge in [-0.05, 0) is 0 Å². The van der Waals surface area contributed by atoms with E-state index >= 15 is 0 Å². The van der Waals surface area contributed by atoms with Crippen molar-refractivity contribution in [2.24, 2.45) is 5.90 Å². The number of nitrogens with two attached hydrogens (primary N) is 1. The van der Waals surface area contributed by atoms with E-state index in [1.807, 2.05) is 4.90 Å². The first-order chi connectivity index (χ1) is 5.36. The highest BCUT2D eigenvalue weighted by Crippen LogP contribution is 2.02. The number of morpholine rings is 1. The average molecular weight is 160 g/mol. The fraction of sp³-hybridized carbons (Fsp3) is 0.833. The van der Waals surface area contributed by atoms with Crippen LogP contribution in [0.15, 0.2) is 0 Å². The average Bonchev–Trinajstić information content (AvgIpc) is 2.06. The first-order valence-electron chi connectivity index (χ1n) is 3.50. The van der Waals surface area contributed by atoms with Crippen molar-refractivity contribution >= 4 is 6.29 Å². The van der Waals surface area contributed by atoms with Crippen molar-refractivity contribution < 1.29 is 14.4 Å². The largest absolute Gasteiger partial charge is 0.348 e. The Morgan fingerprint density at radius 1 is 1.82 bits per heavy atom. The highest BCUT2D eigenvalue weighted by Gasteiger charge is 2.19. The van der Waals surface area contributed by atoms with Gasteiger partial charge in [0.15, 0.2) is 6.29 Å². The van der Waals surface area contributed by atoms with Gasteiger partial charge in [-0.15, -0.1) is 0 Å². The predicted molar refractivity (Wildman–Crippen MR) is 37.5 cm³/mol. The minimum Gasteiger partial charge on any atom is -0.348 e. The van der Waals surface area contributed by atoms with Crippen LogP contribution in [0.25, 0.3) is 0 Å². The minimum atomic E-state index is -0.385. The van der Waals surface area contributed by atoms with E-state index in [1.54, 1.807) is 0 Å². The first-order valence-corrected chi connectivity index (χ1v) is 3.50. The molecule has 1 fully saturated rings. The summed E-state index contributed by atoms with van der Waals surface area (Å²) in [5.74, 6) is 4.92. The van der Waals surface area contributed by atoms with E-state index in [2.05, 4.69) is 4.84 Å². The molecule has 1 rings (SSSR count). The third-order valence-corrected chi connectivity index (χ3v) is 1.60. The van der Waals surface area contributed by atoms with Crippen LogP contribution in [0.5, 0.6) is 0 Å². The van der Waals surface area contributed by atoms with Crippen LogP contribution in [0.2, 0.25) is 0 Å². The summed E-state index contributed by atoms with van der Waals surface area (Å²) in [7, 11) is 0. The summed E-state index contributed by atoms with van der Waals surface area (Å²) in [6.45, 7) is 2.31. The molecule has 1 aliphatic rings. The van der Waals surface area contributed by atoms with Crippen LogP contribution in [0, 0.1) is 0 Å². The van der Waals surface area contributed by atoms with Crippen molar-refractivity contribution in [3.05, 3.63) is 0 Å². The molecule has 0 aromatic rings. The Balaban J connectivity index is 2.27. The Kier molecular flexibility index (Phi) is 3.44. The van der Waals surface area contributed by atoms with Crippen molar-refractivity contribution in [3.8, 4) is 0 Å². The van der Waals surface area contributed by atoms with Crippen LogP contribution >= 0.6 is 0 Å². The SMILES string of the molecule is NOC1CN(CC=O)CCO1. The third kappa shape index (κ3) is 2.55. The molecule has 0 aromatic carbocycles. The molecular formula is C6H12N2O3. The maximum Gasteiger partial charge on any atom is 0.189 e. The molecule has 0 saturated carbocycles. The lowest BCUT2D eigenvalue weighted by molar-refractivity contribution is -0.181. The van der Waals surface area contributed by atoms with Crippen LogP contribution in [-0.4, -0.2) is 43.7 Å². The summed E-state index contributed by atoms with van der Waals surface area (Å²) >= 11 is 0. The summed E-state index contributed by atoms with van der Waals surface area (Å²) in [5, 5.41) is 0. The zero-order valence-electron chi connectivity index (χ0n) is 6.23. The maximum absolute atomic E-state index is 10.1. The van der Waals surface area contributed by atoms with Crippen LogP contribution in [0.3, 0.4) is 0 Å². The molecule has 64 valence electrons. The van der Waals surface area contributed by atoms with E-state index in [4.69, 9.17) is 10.6 Å². The number of hydrogen-bond acceptors (Lipinski definition) is 5. The van der Waals surface area contributed by atoms with Gasteiger partial charge in [0.25, 0.3) is 0 Å². The van der Waals surface area contributed by atoms with Crippen molar-refractivity contribution in [2.75, 3.05) is 26.2 Å². The van der Waals surface area contributed by atoms with Crippen molar-refractivity contribution in [2.45, 2.75) is 6.29 Å². The van der Waals surface area contributed by atoms with E-state index < -0.39 is 0 Å². The van der Waals surface area contributed by atoms with Gasteiger partial charge in [0, 0.05) is 6.54 Å². The Hall–Kier alpha value is -0.490. The van der Waals surface area contributed by atoms with Crippen molar-refractivity contribution in [1.82, 2.24) is 4.90 Å². The summed E-state index contributed by atoms with van der Waals surface area (Å²) < 4.78 is 5.10. The lowest BCUT2D eigenvalue weighted by Gasteiger charge is -2.29. The molecule has 0 radical (unpaired) electrons. The number of aldehydes is 1. The summed E-state index contributed by atoms with van der Waals surface area (Å²) in [4.78, 5) is 16.5. The van der Waals surface area contributed by atoms with E-state index in [1.165, 1.54) is 0 Å². The smallest absolute Gasteiger partial charge is 0.189 e. The topological polar surface area (TPSA) is 64.8 Å². The van der Waals surface area contributed by atoms with Gasteiger partial charge in [-0.2, -0.15) is 0 Å². The molecule has 0 spiro atoms. The summed E-state index contributed by atoms with van der Waals surface area (Å²) in [5.41, 5.74) is 0. The lowest BCUT2D eigenvalue weighted by Crippen LogP contribution is -2.45. The molecule has 1 unspecified atom stereocenters. The second-order valence-corrected chi connectivity index (χ2v) is 2.36. The quantitative estimate of drug-likeness (QED) is 0.412. The Bertz CT molecular complexity index is 131. The van der Waals surface area contributed by atoms with E-state index in [-0.39, 0.29) is 6.29 Å². The van der Waals surface area contributed by atoms with E-state index in [9.17, 15) is 4.79 Å². The fourth-order valence-corrected chi connectivity index (χ4v) is 1.02. The number of nitrogens with zero attached hydrogens (tertiary/aromatic N) is 1. The fourth-order valence-electron chi connectivity index (χ4n) is 1.02. The predicted octanol–water partition coefficient (Wildman–Crippen LogP) is -1.27. The van der Waals surface area contributed by atoms with Crippen LogP contribution < -0.4 is 5.90 Å². The summed E-state index contributed by atoms with van der Waals surface area (Å²) in [6.07, 6.45) is 0.475. The summed E-state index contributed by atoms with van der Waals surface area (Å²) in [6, 6.07) is 0. The molecule has 1 heterocycles. The normalized spacial score (nSPS) is 26.8. The number of ether oxygens (including phenoxy) is 1. The maximum atomic E-state index is 10.1. The molecule has 0 amide bonds. The Morgan fingerprint density at radius 3 is 3.27 bits per heavy atom. The first kappa shape index (κ1) is 8.61. The molecule has 5 nitrogen and oxygen atoms in total. The van der Waals surface area contributed by atoms with Gasteiger partial charge in [-0.3, -0.25) is 9.74 Å². The van der Waals surface area contributed by atoms with Crippen LogP contribution in [0.1, 0.15) is 0 Å². The zero-order chi connectivity index (χ0) is 8.10. The number of carbonyl (C=O) groups excluding carboxylic acids is 1. The Labute approximate surface area is 65.0 Å². The van der Waals surface area contributed by atoms with Gasteiger partial charge >= 0.3 is 0 Å². The third-order valence-electron chi connectivity index (χ3n) is 1.60. The van der Waals surface area contributed by atoms with Crippen molar-refractivity contribution in [1.29, 1.82) is 0 Å². The second-order valence-electron chi connectivity index (χ2n) is 2.36. The molecule has 0 aromatic heterocycles. The van der Waals surface area contributed by atoms with Crippen LogP contribution in [-0.2, 0) is 14.4 Å². The molecule has 11 heavy (non-hydrogen) atoms. The van der Waals surface area contributed by atoms with Crippen molar-refractivity contribution in [3.63, 3.8) is 0 Å². The Morgan fingerprint density at radius 2 is 2.64 bits per heavy atom. The highest BCUT2D eigenvalue weighted by molar-refractivity contribution is 5.51. The van der Waals surface area contributed by atoms with Gasteiger partial charge in [-0.25, -0.2) is 5.90 Å². The number of carbonyl (C=O) groups is 1. The number of rotatable bonds is 3. The van der Waals surface area contributed by atoms with Gasteiger partial charge in [0.1, 0.15) is 6.29 Å². The molecule has 1 aliphatic heterocycles. The van der Waals surface area contributed by atoms with Crippen LogP contribution in [0.4, 0.5) is 0 Å². The van der Waals surface area contributed by atoms with Gasteiger partial charge in [0.2, 0.25) is 0 Å². The highest BCUT2D eigenvalue weighted by atomic mass is 16.8. The molecule has 0 bridgehead atoms. The molecule has 0 aliphatic carbocycles. The van der Waals surface area contributed by atoms with E-state index in [0.717, 1.165) is 12.8 Å². The molecular weight excluding hydrogens is 148 g/mol. The minimum absolute atomic E-state index is 0.385. The van der Waals surface area contributed by atoms with E-state index in [0.29, 0.717) is 19.7 Å². The second kappa shape index (κ2) is 4.40. The molecule has 1 saturated heterocycles. The lowest BCUT2D eigenvalue weighted by atomic mass is 10.4. The standard InChI is InChI=1S/C6H12N2O3/c7-11-6-5-8(1-3-9)2-4-10-6/h3,6H,1-2,4-5,7H2. The molecule has 5 heteroatoms. The zero-order valence-corrected chi connectivity index (χ0v) is 6.23. The molecule has 2 N–H and O–H groups in total. The van der Waals surface area contributed by atoms with Gasteiger partial charge < -0.3 is 9.53 Å². The monoisotopic (exact) mass is 160 g/mol. The number of hydrogen-bond donors (Lipinski definition) is 1.